The molecule has 0 saturated carbocycles. The molecule has 1 aromatic carbocycles. The third-order valence-corrected chi connectivity index (χ3v) is 3.66. The Balaban J connectivity index is 2.04. The maximum Gasteiger partial charge on any atom is 0.343 e. The summed E-state index contributed by atoms with van der Waals surface area (Å²) >= 11 is 1.52. The van der Waals surface area contributed by atoms with Crippen LogP contribution in [0.4, 0.5) is 0 Å². The molecule has 2 aromatic rings. The average Bonchev–Trinajstić information content (AvgIpc) is 2.77. The van der Waals surface area contributed by atoms with Crippen molar-refractivity contribution in [2.24, 2.45) is 0 Å². The highest BCUT2D eigenvalue weighted by atomic mass is 32.2. The van der Waals surface area contributed by atoms with Crippen molar-refractivity contribution in [2.45, 2.75) is 31.0 Å². The van der Waals surface area contributed by atoms with Crippen molar-refractivity contribution in [3.05, 3.63) is 45.9 Å². The minimum atomic E-state index is -0.171. The van der Waals surface area contributed by atoms with Crippen LogP contribution in [0.2, 0.25) is 0 Å². The molecule has 0 fully saturated rings. The van der Waals surface area contributed by atoms with Crippen LogP contribution in [0.15, 0.2) is 34.2 Å². The number of hydrogen-bond acceptors (Lipinski definition) is 4. The van der Waals surface area contributed by atoms with Crippen LogP contribution in [0.25, 0.3) is 0 Å². The van der Waals surface area contributed by atoms with E-state index in [1.807, 2.05) is 31.2 Å². The van der Waals surface area contributed by atoms with Crippen molar-refractivity contribution in [1.29, 1.82) is 0 Å². The number of aromatic amines is 1. The van der Waals surface area contributed by atoms with Crippen molar-refractivity contribution in [2.75, 3.05) is 0 Å². The van der Waals surface area contributed by atoms with E-state index in [0.29, 0.717) is 11.7 Å². The highest BCUT2D eigenvalue weighted by Crippen LogP contribution is 2.19. The number of hydrogen-bond donors (Lipinski definition) is 2. The van der Waals surface area contributed by atoms with Gasteiger partial charge >= 0.3 is 5.69 Å². The summed E-state index contributed by atoms with van der Waals surface area (Å²) in [5, 5.41) is 16.1. The van der Waals surface area contributed by atoms with Gasteiger partial charge in [-0.25, -0.2) is 9.89 Å². The number of H-pyrrole nitrogens is 1. The maximum absolute atomic E-state index is 11.4. The second-order valence-corrected chi connectivity index (χ2v) is 4.76. The lowest BCUT2D eigenvalue weighted by Crippen LogP contribution is -2.16. The summed E-state index contributed by atoms with van der Waals surface area (Å²) in [5.41, 5.74) is 1.86. The SMILES string of the molecule is CCn1c(SCc2ccc(CO)cc2)n[nH]c1=O. The number of nitrogens with one attached hydrogen (secondary N) is 1. The zero-order chi connectivity index (χ0) is 13.0. The molecule has 1 heterocycles. The van der Waals surface area contributed by atoms with Crippen LogP contribution >= 0.6 is 11.8 Å². The lowest BCUT2D eigenvalue weighted by molar-refractivity contribution is 0.282. The standard InChI is InChI=1S/C12H15N3O2S/c1-2-15-11(17)13-14-12(15)18-8-10-5-3-9(7-16)4-6-10/h3-6,16H,2,7-8H2,1H3,(H,13,17). The smallest absolute Gasteiger partial charge is 0.343 e. The first-order valence-electron chi connectivity index (χ1n) is 5.71. The number of thioether (sulfide) groups is 1. The molecule has 0 amide bonds. The molecule has 5 nitrogen and oxygen atoms in total. The van der Waals surface area contributed by atoms with Gasteiger partial charge in [0.2, 0.25) is 0 Å². The van der Waals surface area contributed by atoms with E-state index in [1.54, 1.807) is 4.57 Å². The van der Waals surface area contributed by atoms with Crippen LogP contribution in [-0.4, -0.2) is 19.9 Å². The van der Waals surface area contributed by atoms with Gasteiger partial charge < -0.3 is 5.11 Å². The Hall–Kier alpha value is -1.53. The number of rotatable bonds is 5. The fourth-order valence-corrected chi connectivity index (χ4v) is 2.55. The van der Waals surface area contributed by atoms with Crippen LogP contribution in [0.5, 0.6) is 0 Å². The van der Waals surface area contributed by atoms with E-state index in [0.717, 1.165) is 16.9 Å². The molecule has 0 aliphatic carbocycles. The van der Waals surface area contributed by atoms with E-state index < -0.39 is 0 Å². The molecule has 0 saturated heterocycles. The molecule has 18 heavy (non-hydrogen) atoms. The van der Waals surface area contributed by atoms with Crippen LogP contribution in [-0.2, 0) is 18.9 Å². The summed E-state index contributed by atoms with van der Waals surface area (Å²) in [6.45, 7) is 2.58. The number of aliphatic hydroxyl groups excluding tert-OH is 1. The summed E-state index contributed by atoms with van der Waals surface area (Å²) in [6.07, 6.45) is 0. The third-order valence-electron chi connectivity index (χ3n) is 2.61. The predicted octanol–water partition coefficient (Wildman–Crippen LogP) is 1.38. The van der Waals surface area contributed by atoms with Gasteiger partial charge in [-0.05, 0) is 18.1 Å². The second-order valence-electron chi connectivity index (χ2n) is 3.82. The van der Waals surface area contributed by atoms with Gasteiger partial charge in [0, 0.05) is 12.3 Å². The minimum Gasteiger partial charge on any atom is -0.392 e. The first kappa shape index (κ1) is 12.9. The molecule has 0 spiro atoms. The van der Waals surface area contributed by atoms with E-state index in [-0.39, 0.29) is 12.3 Å². The van der Waals surface area contributed by atoms with Crippen molar-refractivity contribution < 1.29 is 5.11 Å². The summed E-state index contributed by atoms with van der Waals surface area (Å²) in [5.74, 6) is 0.746. The Morgan fingerprint density at radius 2 is 2.00 bits per heavy atom. The molecule has 0 bridgehead atoms. The number of nitrogens with zero attached hydrogens (tertiary/aromatic N) is 2. The zero-order valence-corrected chi connectivity index (χ0v) is 10.9. The van der Waals surface area contributed by atoms with Gasteiger partial charge in [0.25, 0.3) is 0 Å². The zero-order valence-electron chi connectivity index (χ0n) is 10.1. The lowest BCUT2D eigenvalue weighted by Gasteiger charge is -2.03. The first-order chi connectivity index (χ1) is 8.74. The normalized spacial score (nSPS) is 10.8. The van der Waals surface area contributed by atoms with Gasteiger partial charge in [-0.3, -0.25) is 4.57 Å². The Morgan fingerprint density at radius 3 is 2.61 bits per heavy atom. The Bertz CT molecular complexity index is 559. The summed E-state index contributed by atoms with van der Waals surface area (Å²) < 4.78 is 1.60. The number of aliphatic hydroxyl groups is 1. The van der Waals surface area contributed by atoms with Crippen LogP contribution in [0.3, 0.4) is 0 Å². The molecule has 0 aliphatic rings. The Labute approximate surface area is 109 Å². The van der Waals surface area contributed by atoms with Crippen molar-refractivity contribution in [1.82, 2.24) is 14.8 Å². The average molecular weight is 265 g/mol. The van der Waals surface area contributed by atoms with Crippen LogP contribution in [0.1, 0.15) is 18.1 Å². The molecule has 0 radical (unpaired) electrons. The molecule has 1 aromatic heterocycles. The largest absolute Gasteiger partial charge is 0.392 e. The van der Waals surface area contributed by atoms with E-state index >= 15 is 0 Å². The lowest BCUT2D eigenvalue weighted by atomic mass is 10.2. The van der Waals surface area contributed by atoms with Gasteiger partial charge in [-0.1, -0.05) is 36.0 Å². The van der Waals surface area contributed by atoms with Gasteiger partial charge in [-0.2, -0.15) is 0 Å². The predicted molar refractivity (Wildman–Crippen MR) is 70.4 cm³/mol. The highest BCUT2D eigenvalue weighted by Gasteiger charge is 2.06. The molecule has 2 N–H and O–H groups in total. The minimum absolute atomic E-state index is 0.0577. The topological polar surface area (TPSA) is 70.9 Å². The van der Waals surface area contributed by atoms with Gasteiger partial charge in [0.05, 0.1) is 6.61 Å². The Kier molecular flexibility index (Phi) is 4.22. The van der Waals surface area contributed by atoms with E-state index in [4.69, 9.17) is 5.11 Å². The van der Waals surface area contributed by atoms with Gasteiger partial charge in [0.15, 0.2) is 5.16 Å². The van der Waals surface area contributed by atoms with E-state index in [2.05, 4.69) is 10.2 Å². The van der Waals surface area contributed by atoms with E-state index in [9.17, 15) is 4.79 Å². The molecule has 0 aliphatic heterocycles. The molecule has 0 unspecified atom stereocenters. The van der Waals surface area contributed by atoms with E-state index in [1.165, 1.54) is 11.8 Å². The quantitative estimate of drug-likeness (QED) is 0.801. The summed E-state index contributed by atoms with van der Waals surface area (Å²) in [4.78, 5) is 11.4. The van der Waals surface area contributed by atoms with Crippen molar-refractivity contribution in [3.8, 4) is 0 Å². The molecular weight excluding hydrogens is 250 g/mol. The third kappa shape index (κ3) is 2.83. The van der Waals surface area contributed by atoms with Crippen LogP contribution in [0, 0.1) is 0 Å². The van der Waals surface area contributed by atoms with Gasteiger partial charge in [-0.15, -0.1) is 5.10 Å². The molecular formula is C12H15N3O2S. The number of aromatic nitrogens is 3. The Morgan fingerprint density at radius 1 is 1.33 bits per heavy atom. The highest BCUT2D eigenvalue weighted by molar-refractivity contribution is 7.98. The van der Waals surface area contributed by atoms with Crippen molar-refractivity contribution >= 4 is 11.8 Å². The van der Waals surface area contributed by atoms with Crippen LogP contribution < -0.4 is 5.69 Å². The molecule has 6 heteroatoms. The van der Waals surface area contributed by atoms with Gasteiger partial charge in [0.1, 0.15) is 0 Å². The molecule has 96 valence electrons. The molecule has 0 atom stereocenters. The van der Waals surface area contributed by atoms with Crippen molar-refractivity contribution in [3.63, 3.8) is 0 Å². The summed E-state index contributed by atoms with van der Waals surface area (Å²) in [7, 11) is 0. The second kappa shape index (κ2) is 5.88. The fraction of sp³-hybridized carbons (Fsp3) is 0.333. The monoisotopic (exact) mass is 265 g/mol. The summed E-state index contributed by atoms with van der Waals surface area (Å²) in [6, 6.07) is 7.74. The fourth-order valence-electron chi connectivity index (χ4n) is 1.58. The molecule has 2 rings (SSSR count). The maximum atomic E-state index is 11.4. The first-order valence-corrected chi connectivity index (χ1v) is 6.69. The number of benzene rings is 1.